The lowest BCUT2D eigenvalue weighted by atomic mass is 10.1. The van der Waals surface area contributed by atoms with E-state index in [1.165, 1.54) is 16.2 Å². The molecule has 0 saturated carbocycles. The predicted molar refractivity (Wildman–Crippen MR) is 73.4 cm³/mol. The van der Waals surface area contributed by atoms with Gasteiger partial charge in [0.25, 0.3) is 0 Å². The number of carbonyl (C=O) groups is 2. The maximum Gasteiger partial charge on any atom is 0.303 e. The predicted octanol–water partition coefficient (Wildman–Crippen LogP) is 0.813. The van der Waals surface area contributed by atoms with Crippen molar-refractivity contribution in [2.24, 2.45) is 5.92 Å². The maximum atomic E-state index is 12.7. The highest BCUT2D eigenvalue weighted by Crippen LogP contribution is 2.29. The highest BCUT2D eigenvalue weighted by molar-refractivity contribution is 7.86. The van der Waals surface area contributed by atoms with E-state index in [4.69, 9.17) is 5.11 Å². The molecule has 0 spiro atoms. The van der Waals surface area contributed by atoms with E-state index in [2.05, 4.69) is 4.98 Å². The summed E-state index contributed by atoms with van der Waals surface area (Å²) in [5, 5.41) is 10.6. The maximum absolute atomic E-state index is 12.7. The number of hydrogen-bond donors (Lipinski definition) is 1. The fraction of sp³-hybridized carbons (Fsp3) is 0.545. The molecule has 1 aliphatic heterocycles. The van der Waals surface area contributed by atoms with Crippen molar-refractivity contribution in [3.8, 4) is 0 Å². The molecule has 1 fully saturated rings. The van der Waals surface area contributed by atoms with Crippen molar-refractivity contribution in [3.63, 3.8) is 0 Å². The number of aromatic nitrogens is 1. The van der Waals surface area contributed by atoms with Crippen LogP contribution >= 0.6 is 11.3 Å². The Morgan fingerprint density at radius 2 is 2.29 bits per heavy atom. The smallest absolute Gasteiger partial charge is 0.303 e. The van der Waals surface area contributed by atoms with Crippen molar-refractivity contribution in [2.75, 3.05) is 17.2 Å². The average Bonchev–Trinajstić information content (AvgIpc) is 2.91. The van der Waals surface area contributed by atoms with E-state index in [-0.39, 0.29) is 31.7 Å². The number of aliphatic carboxylic acids is 1. The minimum absolute atomic E-state index is 0.0345. The van der Waals surface area contributed by atoms with E-state index in [0.717, 1.165) is 0 Å². The van der Waals surface area contributed by atoms with Crippen LogP contribution in [0.4, 0.5) is 9.02 Å². The van der Waals surface area contributed by atoms with Crippen LogP contribution in [-0.4, -0.2) is 42.7 Å². The Balaban J connectivity index is 2.02. The lowest BCUT2D eigenvalue weighted by Crippen LogP contribution is -2.25. The van der Waals surface area contributed by atoms with Gasteiger partial charge in [0, 0.05) is 30.7 Å². The summed E-state index contributed by atoms with van der Waals surface area (Å²) in [6.07, 6.45) is 0.170. The molecule has 0 bridgehead atoms. The molecule has 1 N–H and O–H groups in total. The van der Waals surface area contributed by atoms with Crippen LogP contribution < -0.4 is 4.90 Å². The minimum Gasteiger partial charge on any atom is -0.481 e. The quantitative estimate of drug-likeness (QED) is 0.771. The van der Waals surface area contributed by atoms with Crippen molar-refractivity contribution in [2.45, 2.75) is 19.3 Å². The Kier molecular flexibility index (Phi) is 4.57. The fourth-order valence-electron chi connectivity index (χ4n) is 2.13. The van der Waals surface area contributed by atoms with Crippen molar-refractivity contribution in [1.82, 2.24) is 4.98 Å². The molecule has 116 valence electrons. The SMILES string of the molecule is O=C(O)CCc1csc(N2CC(CS(=O)(=O)F)CC2=O)n1. The number of amides is 1. The highest BCUT2D eigenvalue weighted by atomic mass is 32.3. The van der Waals surface area contributed by atoms with E-state index >= 15 is 0 Å². The number of carbonyl (C=O) groups excluding carboxylic acids is 1. The van der Waals surface area contributed by atoms with Crippen molar-refractivity contribution in [3.05, 3.63) is 11.1 Å². The molecular weight excluding hydrogens is 323 g/mol. The Morgan fingerprint density at radius 1 is 1.57 bits per heavy atom. The summed E-state index contributed by atoms with van der Waals surface area (Å²) < 4.78 is 33.9. The second-order valence-corrected chi connectivity index (χ2v) is 7.04. The third-order valence-electron chi connectivity index (χ3n) is 3.01. The summed E-state index contributed by atoms with van der Waals surface area (Å²) in [6.45, 7) is 0.105. The van der Waals surface area contributed by atoms with Gasteiger partial charge < -0.3 is 5.11 Å². The van der Waals surface area contributed by atoms with Gasteiger partial charge in [0.1, 0.15) is 0 Å². The van der Waals surface area contributed by atoms with Gasteiger partial charge in [-0.05, 0) is 0 Å². The Morgan fingerprint density at radius 3 is 2.90 bits per heavy atom. The summed E-state index contributed by atoms with van der Waals surface area (Å²) in [5.41, 5.74) is 0.562. The third-order valence-corrected chi connectivity index (χ3v) is 4.79. The number of carboxylic acid groups (broad SMARTS) is 1. The molecule has 0 radical (unpaired) electrons. The minimum atomic E-state index is -4.61. The molecule has 1 atom stereocenters. The highest BCUT2D eigenvalue weighted by Gasteiger charge is 2.34. The van der Waals surface area contributed by atoms with Crippen LogP contribution in [0.5, 0.6) is 0 Å². The second-order valence-electron chi connectivity index (χ2n) is 4.80. The van der Waals surface area contributed by atoms with Gasteiger partial charge in [-0.3, -0.25) is 14.5 Å². The molecule has 7 nitrogen and oxygen atoms in total. The average molecular weight is 336 g/mol. The molecule has 21 heavy (non-hydrogen) atoms. The molecule has 1 aliphatic rings. The number of nitrogens with zero attached hydrogens (tertiary/aromatic N) is 2. The van der Waals surface area contributed by atoms with E-state index in [1.807, 2.05) is 0 Å². The molecular formula is C11H13FN2O5S2. The second kappa shape index (κ2) is 6.06. The molecule has 1 unspecified atom stereocenters. The van der Waals surface area contributed by atoms with Gasteiger partial charge in [-0.15, -0.1) is 15.2 Å². The zero-order valence-electron chi connectivity index (χ0n) is 10.9. The van der Waals surface area contributed by atoms with Crippen LogP contribution in [0.3, 0.4) is 0 Å². The van der Waals surface area contributed by atoms with E-state index < -0.39 is 27.9 Å². The first kappa shape index (κ1) is 15.8. The number of halogens is 1. The van der Waals surface area contributed by atoms with Crippen molar-refractivity contribution < 1.29 is 27.0 Å². The first-order chi connectivity index (χ1) is 9.74. The van der Waals surface area contributed by atoms with Gasteiger partial charge in [-0.25, -0.2) is 4.98 Å². The molecule has 2 heterocycles. The summed E-state index contributed by atoms with van der Waals surface area (Å²) in [5.74, 6) is -2.50. The molecule has 10 heteroatoms. The number of hydrogen-bond acceptors (Lipinski definition) is 6. The molecule has 1 saturated heterocycles. The standard InChI is InChI=1S/C11H13FN2O5S2/c12-21(18,19)6-7-3-9(15)14(4-7)11-13-8(5-20-11)1-2-10(16)17/h5,7H,1-4,6H2,(H,16,17). The van der Waals surface area contributed by atoms with Crippen molar-refractivity contribution >= 4 is 38.6 Å². The van der Waals surface area contributed by atoms with Crippen LogP contribution in [0.2, 0.25) is 0 Å². The largest absolute Gasteiger partial charge is 0.481 e. The van der Waals surface area contributed by atoms with E-state index in [0.29, 0.717) is 10.8 Å². The number of anilines is 1. The topological polar surface area (TPSA) is 105 Å². The Bertz CT molecular complexity index is 657. The monoisotopic (exact) mass is 336 g/mol. The zero-order chi connectivity index (χ0) is 15.6. The normalized spacial score (nSPS) is 19.2. The number of carboxylic acids is 1. The van der Waals surface area contributed by atoms with E-state index in [9.17, 15) is 21.9 Å². The van der Waals surface area contributed by atoms with Gasteiger partial charge in [0.15, 0.2) is 5.13 Å². The Labute approximate surface area is 124 Å². The van der Waals surface area contributed by atoms with Crippen LogP contribution in [-0.2, 0) is 26.2 Å². The molecule has 1 aromatic rings. The van der Waals surface area contributed by atoms with Gasteiger partial charge in [0.2, 0.25) is 5.91 Å². The first-order valence-electron chi connectivity index (χ1n) is 6.13. The molecule has 2 rings (SSSR count). The zero-order valence-corrected chi connectivity index (χ0v) is 12.5. The summed E-state index contributed by atoms with van der Waals surface area (Å²) >= 11 is 1.18. The van der Waals surface area contributed by atoms with Crippen molar-refractivity contribution in [1.29, 1.82) is 0 Å². The van der Waals surface area contributed by atoms with E-state index in [1.54, 1.807) is 5.38 Å². The molecule has 1 aromatic heterocycles. The molecule has 0 aliphatic carbocycles. The van der Waals surface area contributed by atoms with Gasteiger partial charge in [-0.1, -0.05) is 0 Å². The van der Waals surface area contributed by atoms with Gasteiger partial charge >= 0.3 is 16.2 Å². The third kappa shape index (κ3) is 4.46. The van der Waals surface area contributed by atoms with Gasteiger partial charge in [0.05, 0.1) is 17.9 Å². The lowest BCUT2D eigenvalue weighted by molar-refractivity contribution is -0.137. The van der Waals surface area contributed by atoms with Gasteiger partial charge in [-0.2, -0.15) is 8.42 Å². The molecule has 0 aromatic carbocycles. The number of aryl methyl sites for hydroxylation is 1. The Hall–Kier alpha value is -1.55. The van der Waals surface area contributed by atoms with Crippen LogP contribution in [0, 0.1) is 5.92 Å². The number of rotatable bonds is 6. The lowest BCUT2D eigenvalue weighted by Gasteiger charge is -2.12. The van der Waals surface area contributed by atoms with Crippen LogP contribution in [0.15, 0.2) is 5.38 Å². The number of thiazole rings is 1. The summed E-state index contributed by atoms with van der Waals surface area (Å²) in [4.78, 5) is 27.8. The molecule has 1 amide bonds. The van der Waals surface area contributed by atoms with Crippen LogP contribution in [0.25, 0.3) is 0 Å². The summed E-state index contributed by atoms with van der Waals surface area (Å²) in [7, 11) is -4.61. The van der Waals surface area contributed by atoms with Crippen LogP contribution in [0.1, 0.15) is 18.5 Å². The first-order valence-corrected chi connectivity index (χ1v) is 8.57. The fourth-order valence-corrected chi connectivity index (χ4v) is 3.80. The summed E-state index contributed by atoms with van der Waals surface area (Å²) in [6, 6.07) is 0.